The van der Waals surface area contributed by atoms with Gasteiger partial charge in [0.2, 0.25) is 0 Å². The van der Waals surface area contributed by atoms with Crippen molar-refractivity contribution in [2.75, 3.05) is 0 Å². The molecule has 1 aliphatic rings. The maximum absolute atomic E-state index is 12.0. The summed E-state index contributed by atoms with van der Waals surface area (Å²) < 4.78 is 16.9. The van der Waals surface area contributed by atoms with Crippen molar-refractivity contribution in [1.29, 1.82) is 0 Å². The Morgan fingerprint density at radius 1 is 1.11 bits per heavy atom. The normalized spacial score (nSPS) is 15.2. The van der Waals surface area contributed by atoms with Crippen LogP contribution in [0, 0.1) is 5.92 Å². The molecule has 1 fully saturated rings. The summed E-state index contributed by atoms with van der Waals surface area (Å²) >= 11 is -1.81. The van der Waals surface area contributed by atoms with Crippen LogP contribution in [0.4, 0.5) is 0 Å². The molecule has 0 amide bonds. The Hall–Kier alpha value is 0.208. The van der Waals surface area contributed by atoms with E-state index in [1.54, 1.807) is 0 Å². The summed E-state index contributed by atoms with van der Waals surface area (Å²) in [6.07, 6.45) is 5.94. The molecular formula is C13H16AsNaO3. The molecule has 1 aromatic rings. The Morgan fingerprint density at radius 3 is 2.11 bits per heavy atom. The molecule has 0 aliphatic heterocycles. The monoisotopic (exact) mass is 318 g/mol. The number of benzene rings is 1. The number of hydrogen-bond acceptors (Lipinski definition) is 3. The van der Waals surface area contributed by atoms with Crippen molar-refractivity contribution in [2.45, 2.75) is 32.1 Å². The third-order valence-electron chi connectivity index (χ3n) is 3.03. The first-order valence-corrected chi connectivity index (χ1v) is 7.37. The fourth-order valence-electron chi connectivity index (χ4n) is 2.20. The van der Waals surface area contributed by atoms with Crippen molar-refractivity contribution in [2.24, 2.45) is 5.92 Å². The van der Waals surface area contributed by atoms with Crippen LogP contribution in [0.5, 0.6) is 0 Å². The van der Waals surface area contributed by atoms with Crippen LogP contribution in [-0.2, 0) is 3.74 Å². The minimum atomic E-state index is -1.81. The van der Waals surface area contributed by atoms with E-state index in [2.05, 4.69) is 0 Å². The molecule has 92 valence electrons. The molecule has 0 unspecified atom stereocenters. The number of ketones is 1. The topological polar surface area (TPSA) is 57.2 Å². The summed E-state index contributed by atoms with van der Waals surface area (Å²) in [5.41, 5.74) is 0.888. The van der Waals surface area contributed by atoms with E-state index in [-0.39, 0.29) is 29.6 Å². The zero-order valence-corrected chi connectivity index (χ0v) is 14.5. The molecule has 5 heteroatoms. The van der Waals surface area contributed by atoms with Gasteiger partial charge in [0, 0.05) is 11.5 Å². The van der Waals surface area contributed by atoms with Gasteiger partial charge in [-0.3, -0.25) is 4.79 Å². The first-order valence-electron chi connectivity index (χ1n) is 5.84. The summed E-state index contributed by atoms with van der Waals surface area (Å²) in [5, 5.41) is 0. The third-order valence-corrected chi connectivity index (χ3v) is 3.03. The van der Waals surface area contributed by atoms with E-state index in [1.165, 1.54) is 19.3 Å². The van der Waals surface area contributed by atoms with Gasteiger partial charge in [-0.2, -0.15) is 0 Å². The van der Waals surface area contributed by atoms with Crippen molar-refractivity contribution in [3.05, 3.63) is 35.9 Å². The molecular weight excluding hydrogens is 302 g/mol. The van der Waals surface area contributed by atoms with Gasteiger partial charge >= 0.3 is 53.4 Å². The minimum absolute atomic E-state index is 0. The standard InChI is InChI=1S/C13H16O.AsHO2.Na/c14-13(11-7-3-1-4-8-11)12-9-5-2-6-10-12;2-1-3;/h1,3-4,7-8,12H,2,5-6,9-10H2;(H,2,3);/q;;+1/p-1. The Balaban J connectivity index is 0.000000660. The van der Waals surface area contributed by atoms with Crippen LogP contribution in [0.3, 0.4) is 0 Å². The molecule has 1 aromatic carbocycles. The summed E-state index contributed by atoms with van der Waals surface area (Å²) in [6.45, 7) is 0. The first-order chi connectivity index (χ1) is 8.29. The predicted octanol–water partition coefficient (Wildman–Crippen LogP) is -1.23. The smallest absolute Gasteiger partial charge is 1.00 e. The zero-order valence-electron chi connectivity index (χ0n) is 10.7. The third kappa shape index (κ3) is 6.40. The van der Waals surface area contributed by atoms with Gasteiger partial charge in [0.15, 0.2) is 5.78 Å². The Bertz CT molecular complexity index is 351. The van der Waals surface area contributed by atoms with E-state index in [1.807, 2.05) is 30.3 Å². The SMILES string of the molecule is O=C(c1ccccc1)C1CCCCC1.O=[As][O-].[Na+]. The van der Waals surface area contributed by atoms with Crippen LogP contribution in [0.2, 0.25) is 0 Å². The second-order valence-electron chi connectivity index (χ2n) is 4.14. The molecule has 1 aliphatic carbocycles. The molecule has 0 atom stereocenters. The maximum atomic E-state index is 12.0. The molecule has 0 aromatic heterocycles. The Morgan fingerprint density at radius 2 is 1.61 bits per heavy atom. The van der Waals surface area contributed by atoms with Gasteiger partial charge in [0.1, 0.15) is 0 Å². The van der Waals surface area contributed by atoms with Gasteiger partial charge in [-0.1, -0.05) is 49.6 Å². The fourth-order valence-corrected chi connectivity index (χ4v) is 2.20. The van der Waals surface area contributed by atoms with E-state index in [4.69, 9.17) is 7.84 Å². The summed E-state index contributed by atoms with van der Waals surface area (Å²) in [6, 6.07) is 9.69. The van der Waals surface area contributed by atoms with Crippen molar-refractivity contribution >= 4 is 21.8 Å². The van der Waals surface area contributed by atoms with E-state index >= 15 is 0 Å². The summed E-state index contributed by atoms with van der Waals surface area (Å²) in [7, 11) is 0. The molecule has 2 rings (SSSR count). The minimum Gasteiger partial charge on any atom is 1.00 e. The average molecular weight is 318 g/mol. The molecule has 0 N–H and O–H groups in total. The van der Waals surface area contributed by atoms with Crippen LogP contribution in [0.1, 0.15) is 42.5 Å². The molecule has 0 saturated heterocycles. The first kappa shape index (κ1) is 18.2. The van der Waals surface area contributed by atoms with Crippen molar-refractivity contribution < 1.29 is 42.2 Å². The van der Waals surface area contributed by atoms with Gasteiger partial charge in [0.05, 0.1) is 0 Å². The van der Waals surface area contributed by atoms with Crippen LogP contribution < -0.4 is 33.7 Å². The van der Waals surface area contributed by atoms with Crippen LogP contribution >= 0.6 is 0 Å². The summed E-state index contributed by atoms with van der Waals surface area (Å²) in [4.78, 5) is 12.0. The van der Waals surface area contributed by atoms with Gasteiger partial charge in [-0.15, -0.1) is 0 Å². The molecule has 0 heterocycles. The van der Waals surface area contributed by atoms with Crippen LogP contribution in [-0.4, -0.2) is 21.8 Å². The van der Waals surface area contributed by atoms with Gasteiger partial charge in [0.25, 0.3) is 0 Å². The summed E-state index contributed by atoms with van der Waals surface area (Å²) in [5.74, 6) is 0.649. The van der Waals surface area contributed by atoms with E-state index < -0.39 is 16.0 Å². The van der Waals surface area contributed by atoms with Gasteiger partial charge in [-0.25, -0.2) is 0 Å². The van der Waals surface area contributed by atoms with Crippen LogP contribution in [0.15, 0.2) is 30.3 Å². The molecule has 3 nitrogen and oxygen atoms in total. The quantitative estimate of drug-likeness (QED) is 0.507. The Kier molecular flexibility index (Phi) is 11.2. The molecule has 0 radical (unpaired) electrons. The molecule has 18 heavy (non-hydrogen) atoms. The van der Waals surface area contributed by atoms with E-state index in [0.29, 0.717) is 11.7 Å². The average Bonchev–Trinajstić information content (AvgIpc) is 2.41. The van der Waals surface area contributed by atoms with Crippen molar-refractivity contribution in [1.82, 2.24) is 0 Å². The molecule has 1 saturated carbocycles. The number of carbonyl (C=O) groups is 1. The molecule has 0 spiro atoms. The second kappa shape index (κ2) is 11.1. The van der Waals surface area contributed by atoms with Gasteiger partial charge in [-0.05, 0) is 12.8 Å². The number of rotatable bonds is 2. The van der Waals surface area contributed by atoms with Gasteiger partial charge < -0.3 is 0 Å². The predicted molar refractivity (Wildman–Crippen MR) is 63.8 cm³/mol. The number of hydrogen-bond donors (Lipinski definition) is 0. The Labute approximate surface area is 137 Å². The fraction of sp³-hybridized carbons (Fsp3) is 0.462. The van der Waals surface area contributed by atoms with Crippen molar-refractivity contribution in [3.63, 3.8) is 0 Å². The van der Waals surface area contributed by atoms with Crippen LogP contribution in [0.25, 0.3) is 0 Å². The number of carbonyl (C=O) groups excluding carboxylic acids is 1. The van der Waals surface area contributed by atoms with Crippen molar-refractivity contribution in [3.8, 4) is 0 Å². The second-order valence-corrected chi connectivity index (χ2v) is 4.45. The largest absolute Gasteiger partial charge is 1.00 e. The molecule has 0 bridgehead atoms. The van der Waals surface area contributed by atoms with E-state index in [0.717, 1.165) is 18.4 Å². The van der Waals surface area contributed by atoms with E-state index in [9.17, 15) is 4.79 Å². The maximum Gasteiger partial charge on any atom is 1.00 e. The number of Topliss-reactive ketones (excluding diaryl/α,β-unsaturated/α-hetero) is 1. The zero-order chi connectivity index (χ0) is 12.5.